The molecule has 1 heterocycles. The molecule has 0 saturated carbocycles. The lowest BCUT2D eigenvalue weighted by Gasteiger charge is -2.15. The molecule has 0 aromatic rings. The van der Waals surface area contributed by atoms with Crippen LogP contribution in [0.3, 0.4) is 0 Å². The maximum atomic E-state index is 6.17. The van der Waals surface area contributed by atoms with Crippen molar-refractivity contribution in [2.24, 2.45) is 0 Å². The van der Waals surface area contributed by atoms with E-state index in [0.717, 1.165) is 0 Å². The van der Waals surface area contributed by atoms with E-state index in [2.05, 4.69) is 26.8 Å². The van der Waals surface area contributed by atoms with Crippen LogP contribution in [0, 0.1) is 0 Å². The normalized spacial score (nSPS) is 22.8. The number of ether oxygens (including phenoxy) is 1. The van der Waals surface area contributed by atoms with Gasteiger partial charge in [0.2, 0.25) is 0 Å². The third-order valence-electron chi connectivity index (χ3n) is 4.21. The molecule has 0 unspecified atom stereocenters. The highest BCUT2D eigenvalue weighted by Crippen LogP contribution is 2.26. The summed E-state index contributed by atoms with van der Waals surface area (Å²) < 4.78 is 6.17. The molecule has 1 rings (SSSR count). The van der Waals surface area contributed by atoms with Crippen molar-refractivity contribution >= 4 is 0 Å². The summed E-state index contributed by atoms with van der Waals surface area (Å²) in [5, 5.41) is 0. The summed E-state index contributed by atoms with van der Waals surface area (Å²) in [6, 6.07) is 0. The first kappa shape index (κ1) is 16.8. The Hall–Kier alpha value is -0.300. The van der Waals surface area contributed by atoms with Gasteiger partial charge in [0.1, 0.15) is 0 Å². The molecule has 0 fully saturated rings. The Morgan fingerprint density at radius 1 is 0.842 bits per heavy atom. The van der Waals surface area contributed by atoms with Crippen molar-refractivity contribution in [3.8, 4) is 0 Å². The molecule has 0 aromatic heterocycles. The molecule has 112 valence electrons. The molecule has 1 aliphatic rings. The lowest BCUT2D eigenvalue weighted by atomic mass is 10.0. The van der Waals surface area contributed by atoms with E-state index in [-0.39, 0.29) is 0 Å². The van der Waals surface area contributed by atoms with E-state index in [9.17, 15) is 0 Å². The molecule has 0 spiro atoms. The first-order valence-corrected chi connectivity index (χ1v) is 8.61. The highest BCUT2D eigenvalue weighted by molar-refractivity contribution is 5.13. The van der Waals surface area contributed by atoms with Gasteiger partial charge in [-0.25, -0.2) is 0 Å². The Bertz CT molecular complexity index is 244. The van der Waals surface area contributed by atoms with Crippen LogP contribution in [0.25, 0.3) is 0 Å². The van der Waals surface area contributed by atoms with E-state index in [1.807, 2.05) is 0 Å². The average Bonchev–Trinajstić information content (AvgIpc) is 2.75. The van der Waals surface area contributed by atoms with Crippen molar-refractivity contribution in [2.45, 2.75) is 104 Å². The lowest BCUT2D eigenvalue weighted by molar-refractivity contribution is 0.0445. The predicted molar refractivity (Wildman–Crippen MR) is 84.6 cm³/mol. The van der Waals surface area contributed by atoms with Crippen LogP contribution in [0.4, 0.5) is 0 Å². The number of hydrogen-bond acceptors (Lipinski definition) is 1. The minimum absolute atomic E-state index is 0.415. The molecule has 0 saturated heterocycles. The Morgan fingerprint density at radius 3 is 2.11 bits per heavy atom. The second-order valence-corrected chi connectivity index (χ2v) is 6.13. The maximum Gasteiger partial charge on any atom is 0.0791 e. The fraction of sp³-hybridized carbons (Fsp3) is 0.889. The molecular formula is C18H34O. The first-order valence-electron chi connectivity index (χ1n) is 8.61. The van der Waals surface area contributed by atoms with Crippen molar-refractivity contribution in [3.05, 3.63) is 11.6 Å². The molecule has 0 aromatic carbocycles. The van der Waals surface area contributed by atoms with Crippen molar-refractivity contribution in [3.63, 3.8) is 0 Å². The van der Waals surface area contributed by atoms with Gasteiger partial charge >= 0.3 is 0 Å². The molecular weight excluding hydrogens is 232 g/mol. The second-order valence-electron chi connectivity index (χ2n) is 6.13. The monoisotopic (exact) mass is 266 g/mol. The van der Waals surface area contributed by atoms with E-state index >= 15 is 0 Å². The molecule has 0 N–H and O–H groups in total. The lowest BCUT2D eigenvalue weighted by Crippen LogP contribution is -2.13. The minimum Gasteiger partial charge on any atom is -0.367 e. The summed E-state index contributed by atoms with van der Waals surface area (Å²) in [6.45, 7) is 6.79. The third-order valence-corrected chi connectivity index (χ3v) is 4.21. The van der Waals surface area contributed by atoms with Gasteiger partial charge in [-0.3, -0.25) is 0 Å². The summed E-state index contributed by atoms with van der Waals surface area (Å²) in [6.07, 6.45) is 17.9. The SMILES string of the molecule is CCCCCCC[C@@H]1C=C(C)[C@@H](CCCCCC)O1. The van der Waals surface area contributed by atoms with Gasteiger partial charge in [0.05, 0.1) is 12.2 Å². The van der Waals surface area contributed by atoms with Crippen LogP contribution in [-0.4, -0.2) is 12.2 Å². The van der Waals surface area contributed by atoms with Gasteiger partial charge in [-0.2, -0.15) is 0 Å². The quantitative estimate of drug-likeness (QED) is 0.327. The standard InChI is InChI=1S/C18H34O/c1-4-6-8-10-11-13-17-15-16(3)18(19-17)14-12-9-7-5-2/h15,17-18H,4-14H2,1-3H3/t17-,18-/m1/s1. The Labute approximate surface area is 120 Å². The summed E-state index contributed by atoms with van der Waals surface area (Å²) in [7, 11) is 0. The molecule has 0 radical (unpaired) electrons. The van der Waals surface area contributed by atoms with Crippen LogP contribution >= 0.6 is 0 Å². The van der Waals surface area contributed by atoms with Gasteiger partial charge in [-0.1, -0.05) is 77.7 Å². The summed E-state index contributed by atoms with van der Waals surface area (Å²) in [5.41, 5.74) is 1.48. The van der Waals surface area contributed by atoms with E-state index in [0.29, 0.717) is 12.2 Å². The highest BCUT2D eigenvalue weighted by Gasteiger charge is 2.23. The number of rotatable bonds is 11. The molecule has 2 atom stereocenters. The smallest absolute Gasteiger partial charge is 0.0791 e. The van der Waals surface area contributed by atoms with Crippen molar-refractivity contribution in [2.75, 3.05) is 0 Å². The molecule has 0 amide bonds. The Kier molecular flexibility index (Phi) is 9.24. The third kappa shape index (κ3) is 7.15. The molecule has 1 heteroatoms. The van der Waals surface area contributed by atoms with E-state index < -0.39 is 0 Å². The molecule has 0 aliphatic carbocycles. The molecule has 0 bridgehead atoms. The fourth-order valence-electron chi connectivity index (χ4n) is 2.91. The summed E-state index contributed by atoms with van der Waals surface area (Å²) in [4.78, 5) is 0. The van der Waals surface area contributed by atoms with Crippen molar-refractivity contribution in [1.29, 1.82) is 0 Å². The summed E-state index contributed by atoms with van der Waals surface area (Å²) >= 11 is 0. The van der Waals surface area contributed by atoms with Crippen molar-refractivity contribution < 1.29 is 4.74 Å². The zero-order valence-electron chi connectivity index (χ0n) is 13.4. The van der Waals surface area contributed by atoms with Crippen LogP contribution in [0.1, 0.15) is 91.4 Å². The van der Waals surface area contributed by atoms with Gasteiger partial charge in [-0.15, -0.1) is 0 Å². The van der Waals surface area contributed by atoms with Crippen molar-refractivity contribution in [1.82, 2.24) is 0 Å². The molecule has 1 aliphatic heterocycles. The molecule has 19 heavy (non-hydrogen) atoms. The van der Waals surface area contributed by atoms with Gasteiger partial charge < -0.3 is 4.74 Å². The van der Waals surface area contributed by atoms with Gasteiger partial charge in [0.15, 0.2) is 0 Å². The Balaban J connectivity index is 2.09. The summed E-state index contributed by atoms with van der Waals surface area (Å²) in [5.74, 6) is 0. The molecule has 1 nitrogen and oxygen atoms in total. The largest absolute Gasteiger partial charge is 0.367 e. The first-order chi connectivity index (χ1) is 9.27. The average molecular weight is 266 g/mol. The van der Waals surface area contributed by atoms with Crippen LogP contribution in [0.5, 0.6) is 0 Å². The van der Waals surface area contributed by atoms with Gasteiger partial charge in [0.25, 0.3) is 0 Å². The van der Waals surface area contributed by atoms with Gasteiger partial charge in [0, 0.05) is 0 Å². The number of hydrogen-bond donors (Lipinski definition) is 0. The maximum absolute atomic E-state index is 6.17. The predicted octanol–water partition coefficient (Wildman–Crippen LogP) is 6.03. The zero-order valence-corrected chi connectivity index (χ0v) is 13.4. The van der Waals surface area contributed by atoms with Crippen LogP contribution < -0.4 is 0 Å². The number of unbranched alkanes of at least 4 members (excludes halogenated alkanes) is 7. The van der Waals surface area contributed by atoms with E-state index in [4.69, 9.17) is 4.74 Å². The van der Waals surface area contributed by atoms with Crippen LogP contribution in [0.2, 0.25) is 0 Å². The topological polar surface area (TPSA) is 9.23 Å². The van der Waals surface area contributed by atoms with Gasteiger partial charge in [-0.05, 0) is 25.3 Å². The fourth-order valence-corrected chi connectivity index (χ4v) is 2.91. The van der Waals surface area contributed by atoms with Crippen LogP contribution in [-0.2, 0) is 4.74 Å². The second kappa shape index (κ2) is 10.5. The zero-order chi connectivity index (χ0) is 13.9. The Morgan fingerprint density at radius 2 is 1.42 bits per heavy atom. The van der Waals surface area contributed by atoms with Crippen LogP contribution in [0.15, 0.2) is 11.6 Å². The highest BCUT2D eigenvalue weighted by atomic mass is 16.5. The van der Waals surface area contributed by atoms with E-state index in [1.165, 1.54) is 76.2 Å². The van der Waals surface area contributed by atoms with E-state index in [1.54, 1.807) is 0 Å². The minimum atomic E-state index is 0.415.